The summed E-state index contributed by atoms with van der Waals surface area (Å²) in [5.41, 5.74) is 3.77. The van der Waals surface area contributed by atoms with Crippen LogP contribution < -0.4 is 5.32 Å². The van der Waals surface area contributed by atoms with Crippen LogP contribution in [0.1, 0.15) is 39.1 Å². The number of benzene rings is 2. The molecule has 0 saturated carbocycles. The van der Waals surface area contributed by atoms with Crippen LogP contribution in [0.25, 0.3) is 16.9 Å². The van der Waals surface area contributed by atoms with E-state index in [2.05, 4.69) is 15.6 Å². The molecule has 2 aromatic carbocycles. The molecule has 0 bridgehead atoms. The zero-order valence-corrected chi connectivity index (χ0v) is 17.6. The van der Waals surface area contributed by atoms with E-state index < -0.39 is 17.9 Å². The Morgan fingerprint density at radius 2 is 1.91 bits per heavy atom. The first-order valence-electron chi connectivity index (χ1n) is 10.3. The number of esters is 1. The van der Waals surface area contributed by atoms with Crippen molar-refractivity contribution in [3.8, 4) is 16.9 Å². The topological polar surface area (TPSA) is 123 Å². The van der Waals surface area contributed by atoms with Gasteiger partial charge in [0.2, 0.25) is 11.8 Å². The summed E-state index contributed by atoms with van der Waals surface area (Å²) >= 11 is 0. The van der Waals surface area contributed by atoms with Gasteiger partial charge in [-0.25, -0.2) is 9.48 Å². The number of imide groups is 1. The van der Waals surface area contributed by atoms with E-state index in [0.717, 1.165) is 11.1 Å². The molecule has 1 unspecified atom stereocenters. The number of fused-ring (bicyclic) bond motifs is 1. The van der Waals surface area contributed by atoms with Crippen LogP contribution in [0.2, 0.25) is 0 Å². The fraction of sp³-hybridized carbons (Fsp3) is 0.217. The highest BCUT2D eigenvalue weighted by atomic mass is 16.5. The number of nitrogens with one attached hydrogen (secondary N) is 1. The quantitative estimate of drug-likeness (QED) is 0.477. The van der Waals surface area contributed by atoms with E-state index in [1.807, 2.05) is 12.1 Å². The lowest BCUT2D eigenvalue weighted by molar-refractivity contribution is -0.136. The highest BCUT2D eigenvalue weighted by molar-refractivity contribution is 6.05. The Morgan fingerprint density at radius 3 is 2.64 bits per heavy atom. The molecule has 5 rings (SSSR count). The van der Waals surface area contributed by atoms with Gasteiger partial charge in [-0.2, -0.15) is 0 Å². The average Bonchev–Trinajstić information content (AvgIpc) is 3.44. The molecule has 1 aromatic heterocycles. The summed E-state index contributed by atoms with van der Waals surface area (Å²) in [7, 11) is 1.33. The number of rotatable bonds is 4. The fourth-order valence-corrected chi connectivity index (χ4v) is 4.10. The normalized spacial score (nSPS) is 17.7. The lowest BCUT2D eigenvalue weighted by Gasteiger charge is -2.29. The second-order valence-corrected chi connectivity index (χ2v) is 7.86. The fourth-order valence-electron chi connectivity index (χ4n) is 4.10. The van der Waals surface area contributed by atoms with Gasteiger partial charge < -0.3 is 9.64 Å². The van der Waals surface area contributed by atoms with Gasteiger partial charge in [-0.15, -0.1) is 5.10 Å². The maximum atomic E-state index is 13.0. The highest BCUT2D eigenvalue weighted by Crippen LogP contribution is 2.29. The van der Waals surface area contributed by atoms with Crippen molar-refractivity contribution in [2.45, 2.75) is 25.4 Å². The third-order valence-electron chi connectivity index (χ3n) is 5.87. The summed E-state index contributed by atoms with van der Waals surface area (Å²) in [6.07, 6.45) is 2.26. The van der Waals surface area contributed by atoms with Crippen molar-refractivity contribution < 1.29 is 23.9 Å². The second-order valence-electron chi connectivity index (χ2n) is 7.86. The van der Waals surface area contributed by atoms with Crippen LogP contribution >= 0.6 is 0 Å². The van der Waals surface area contributed by atoms with Crippen LogP contribution in [0.3, 0.4) is 0 Å². The number of hydrogen-bond acceptors (Lipinski definition) is 7. The van der Waals surface area contributed by atoms with Gasteiger partial charge in [-0.1, -0.05) is 23.4 Å². The molecule has 33 heavy (non-hydrogen) atoms. The second kappa shape index (κ2) is 7.97. The van der Waals surface area contributed by atoms with E-state index >= 15 is 0 Å². The first-order chi connectivity index (χ1) is 15.9. The number of ether oxygens (including phenoxy) is 1. The zero-order chi connectivity index (χ0) is 23.1. The number of carbonyl (C=O) groups is 4. The Morgan fingerprint density at radius 1 is 1.12 bits per heavy atom. The smallest absolute Gasteiger partial charge is 0.337 e. The van der Waals surface area contributed by atoms with Crippen molar-refractivity contribution in [2.75, 3.05) is 7.11 Å². The average molecular weight is 445 g/mol. The number of nitrogens with zero attached hydrogens (tertiary/aromatic N) is 4. The van der Waals surface area contributed by atoms with Crippen LogP contribution in [0.15, 0.2) is 48.7 Å². The van der Waals surface area contributed by atoms with Crippen LogP contribution in [0, 0.1) is 0 Å². The van der Waals surface area contributed by atoms with Gasteiger partial charge in [0, 0.05) is 24.1 Å². The molecule has 10 heteroatoms. The Kier molecular flexibility index (Phi) is 4.97. The third kappa shape index (κ3) is 3.65. The van der Waals surface area contributed by atoms with E-state index in [1.54, 1.807) is 41.2 Å². The predicted molar refractivity (Wildman–Crippen MR) is 114 cm³/mol. The molecule has 2 aliphatic rings. The number of piperidine rings is 1. The zero-order valence-electron chi connectivity index (χ0n) is 17.6. The van der Waals surface area contributed by atoms with Crippen LogP contribution in [0.4, 0.5) is 0 Å². The van der Waals surface area contributed by atoms with E-state index in [-0.39, 0.29) is 18.2 Å². The van der Waals surface area contributed by atoms with Crippen molar-refractivity contribution >= 4 is 23.7 Å². The van der Waals surface area contributed by atoms with Gasteiger partial charge in [0.15, 0.2) is 0 Å². The minimum atomic E-state index is -0.656. The largest absolute Gasteiger partial charge is 0.465 e. The van der Waals surface area contributed by atoms with Crippen molar-refractivity contribution in [3.05, 3.63) is 65.4 Å². The number of methoxy groups -OCH3 is 1. The van der Waals surface area contributed by atoms with E-state index in [4.69, 9.17) is 4.74 Å². The first kappa shape index (κ1) is 20.6. The summed E-state index contributed by atoms with van der Waals surface area (Å²) in [4.78, 5) is 49.8. The van der Waals surface area contributed by atoms with Gasteiger partial charge in [0.25, 0.3) is 5.91 Å². The Bertz CT molecular complexity index is 1300. The maximum absolute atomic E-state index is 13.0. The Labute approximate surface area is 188 Å². The summed E-state index contributed by atoms with van der Waals surface area (Å²) < 4.78 is 6.27. The molecule has 0 spiro atoms. The number of aromatic nitrogens is 3. The molecule has 2 aliphatic heterocycles. The molecule has 1 N–H and O–H groups in total. The van der Waals surface area contributed by atoms with E-state index in [9.17, 15) is 19.2 Å². The third-order valence-corrected chi connectivity index (χ3v) is 5.87. The minimum Gasteiger partial charge on any atom is -0.465 e. The maximum Gasteiger partial charge on any atom is 0.337 e. The Hall–Kier alpha value is -4.34. The van der Waals surface area contributed by atoms with Crippen LogP contribution in [-0.2, 0) is 20.9 Å². The van der Waals surface area contributed by atoms with Crippen LogP contribution in [0.5, 0.6) is 0 Å². The molecule has 1 saturated heterocycles. The lowest BCUT2D eigenvalue weighted by Crippen LogP contribution is -2.52. The summed E-state index contributed by atoms with van der Waals surface area (Å²) in [5.74, 6) is -1.42. The molecule has 0 radical (unpaired) electrons. The molecule has 10 nitrogen and oxygen atoms in total. The summed E-state index contributed by atoms with van der Waals surface area (Å²) in [6, 6.07) is 11.5. The van der Waals surface area contributed by atoms with Crippen molar-refractivity contribution in [1.82, 2.24) is 25.2 Å². The predicted octanol–water partition coefficient (Wildman–Crippen LogP) is 1.48. The van der Waals surface area contributed by atoms with Gasteiger partial charge >= 0.3 is 5.97 Å². The van der Waals surface area contributed by atoms with Crippen LogP contribution in [-0.4, -0.2) is 56.7 Å². The van der Waals surface area contributed by atoms with Gasteiger partial charge in [0.1, 0.15) is 11.7 Å². The van der Waals surface area contributed by atoms with E-state index in [0.29, 0.717) is 35.5 Å². The highest BCUT2D eigenvalue weighted by Gasteiger charge is 2.39. The lowest BCUT2D eigenvalue weighted by atomic mass is 10.0. The molecular weight excluding hydrogens is 426 g/mol. The van der Waals surface area contributed by atoms with Gasteiger partial charge in [0.05, 0.1) is 24.6 Å². The van der Waals surface area contributed by atoms with Crippen molar-refractivity contribution in [3.63, 3.8) is 0 Å². The summed E-state index contributed by atoms with van der Waals surface area (Å²) in [6.45, 7) is 0.315. The SMILES string of the molecule is COC(=O)c1ccc(-c2cn(-c3ccc4c(c3)C(=O)N(C3CCC(=O)NC3=O)C4)nn2)cc1. The molecular formula is C23H19N5O5. The number of amides is 3. The first-order valence-corrected chi connectivity index (χ1v) is 10.3. The molecule has 0 aliphatic carbocycles. The number of carbonyl (C=O) groups excluding carboxylic acids is 4. The molecule has 166 valence electrons. The monoisotopic (exact) mass is 445 g/mol. The molecule has 1 atom stereocenters. The molecule has 1 fully saturated rings. The van der Waals surface area contributed by atoms with Gasteiger partial charge in [-0.05, 0) is 36.2 Å². The van der Waals surface area contributed by atoms with Crippen molar-refractivity contribution in [2.24, 2.45) is 0 Å². The van der Waals surface area contributed by atoms with Crippen molar-refractivity contribution in [1.29, 1.82) is 0 Å². The Balaban J connectivity index is 1.37. The molecule has 3 heterocycles. The van der Waals surface area contributed by atoms with E-state index in [1.165, 1.54) is 12.0 Å². The van der Waals surface area contributed by atoms with Gasteiger partial charge in [-0.3, -0.25) is 19.7 Å². The minimum absolute atomic E-state index is 0.212. The molecule has 3 aromatic rings. The summed E-state index contributed by atoms with van der Waals surface area (Å²) in [5, 5.41) is 10.7. The molecule has 3 amide bonds. The number of hydrogen-bond donors (Lipinski definition) is 1. The standard InChI is InChI=1S/C23H19N5O5/c1-33-23(32)14-4-2-13(3-5-14)18-12-28(26-25-18)16-7-6-15-11-27(22(31)17(15)10-16)19-8-9-20(29)24-21(19)30/h2-7,10,12,19H,8-9,11H2,1H3,(H,24,29,30).